The van der Waals surface area contributed by atoms with Crippen LogP contribution in [-0.2, 0) is 0 Å². The van der Waals surface area contributed by atoms with Gasteiger partial charge in [-0.15, -0.1) is 0 Å². The molecule has 13 heavy (non-hydrogen) atoms. The van der Waals surface area contributed by atoms with Gasteiger partial charge >= 0.3 is 6.03 Å². The molecule has 72 valence electrons. The maximum atomic E-state index is 11.7. The van der Waals surface area contributed by atoms with Gasteiger partial charge < -0.3 is 4.90 Å². The molecule has 1 heterocycles. The van der Waals surface area contributed by atoms with Crippen molar-refractivity contribution in [2.75, 3.05) is 7.05 Å². The lowest BCUT2D eigenvalue weighted by Gasteiger charge is -2.23. The van der Waals surface area contributed by atoms with Crippen molar-refractivity contribution in [2.24, 2.45) is 0 Å². The fourth-order valence-corrected chi connectivity index (χ4v) is 1.02. The molecule has 0 aliphatic rings. The van der Waals surface area contributed by atoms with Gasteiger partial charge in [0.25, 0.3) is 0 Å². The number of rotatable bonds is 2. The molecule has 0 N–H and O–H groups in total. The Morgan fingerprint density at radius 3 is 2.85 bits per heavy atom. The third-order valence-corrected chi connectivity index (χ3v) is 2.28. The average Bonchev–Trinajstić information content (AvgIpc) is 2.67. The SMILES string of the molecule is CCC(C)N(C)C(=O)n1ccnc1. The highest BCUT2D eigenvalue weighted by molar-refractivity contribution is 5.76. The number of imidazole rings is 1. The van der Waals surface area contributed by atoms with Gasteiger partial charge in [0.05, 0.1) is 0 Å². The topological polar surface area (TPSA) is 38.1 Å². The number of carbonyl (C=O) groups is 1. The van der Waals surface area contributed by atoms with Crippen LogP contribution in [0.15, 0.2) is 18.7 Å². The second-order valence-electron chi connectivity index (χ2n) is 3.12. The Bertz CT molecular complexity index is 268. The molecule has 1 aromatic heterocycles. The quantitative estimate of drug-likeness (QED) is 0.694. The van der Waals surface area contributed by atoms with Gasteiger partial charge in [0.15, 0.2) is 0 Å². The first-order valence-corrected chi connectivity index (χ1v) is 4.42. The van der Waals surface area contributed by atoms with Crippen molar-refractivity contribution < 1.29 is 4.79 Å². The van der Waals surface area contributed by atoms with E-state index in [0.717, 1.165) is 6.42 Å². The second kappa shape index (κ2) is 4.07. The van der Waals surface area contributed by atoms with Gasteiger partial charge in [0.2, 0.25) is 0 Å². The minimum atomic E-state index is -0.0353. The Balaban J connectivity index is 2.68. The van der Waals surface area contributed by atoms with Crippen LogP contribution < -0.4 is 0 Å². The van der Waals surface area contributed by atoms with Gasteiger partial charge in [-0.1, -0.05) is 6.92 Å². The monoisotopic (exact) mass is 181 g/mol. The third-order valence-electron chi connectivity index (χ3n) is 2.28. The van der Waals surface area contributed by atoms with E-state index in [9.17, 15) is 4.79 Å². The first-order chi connectivity index (χ1) is 6.16. The van der Waals surface area contributed by atoms with Crippen molar-refractivity contribution in [1.29, 1.82) is 0 Å². The fraction of sp³-hybridized carbons (Fsp3) is 0.556. The van der Waals surface area contributed by atoms with E-state index in [4.69, 9.17) is 0 Å². The van der Waals surface area contributed by atoms with Crippen LogP contribution in [0.5, 0.6) is 0 Å². The molecule has 0 saturated carbocycles. The van der Waals surface area contributed by atoms with Crippen LogP contribution in [0.1, 0.15) is 20.3 Å². The zero-order valence-corrected chi connectivity index (χ0v) is 8.27. The van der Waals surface area contributed by atoms with Crippen molar-refractivity contribution in [3.05, 3.63) is 18.7 Å². The van der Waals surface area contributed by atoms with Gasteiger partial charge in [-0.05, 0) is 13.3 Å². The molecule has 0 saturated heterocycles. The smallest absolute Gasteiger partial charge is 0.324 e. The number of carbonyl (C=O) groups excluding carboxylic acids is 1. The Morgan fingerprint density at radius 2 is 2.38 bits per heavy atom. The number of nitrogens with zero attached hydrogens (tertiary/aromatic N) is 3. The van der Waals surface area contributed by atoms with E-state index in [1.807, 2.05) is 6.92 Å². The van der Waals surface area contributed by atoms with Crippen molar-refractivity contribution in [3.63, 3.8) is 0 Å². The van der Waals surface area contributed by atoms with Gasteiger partial charge in [0, 0.05) is 25.5 Å². The molecule has 0 radical (unpaired) electrons. The summed E-state index contributed by atoms with van der Waals surface area (Å²) in [6.45, 7) is 4.08. The predicted molar refractivity (Wildman–Crippen MR) is 50.5 cm³/mol. The molecular formula is C9H15N3O. The molecule has 0 aliphatic carbocycles. The van der Waals surface area contributed by atoms with Crippen LogP contribution >= 0.6 is 0 Å². The van der Waals surface area contributed by atoms with Crippen LogP contribution in [0.3, 0.4) is 0 Å². The fourth-order valence-electron chi connectivity index (χ4n) is 1.02. The van der Waals surface area contributed by atoms with E-state index in [2.05, 4.69) is 11.9 Å². The zero-order chi connectivity index (χ0) is 9.84. The normalized spacial score (nSPS) is 12.5. The second-order valence-corrected chi connectivity index (χ2v) is 3.12. The Morgan fingerprint density at radius 1 is 1.69 bits per heavy atom. The summed E-state index contributed by atoms with van der Waals surface area (Å²) in [5, 5.41) is 0. The predicted octanol–water partition coefficient (Wildman–Crippen LogP) is 1.58. The van der Waals surface area contributed by atoms with Crippen LogP contribution in [-0.4, -0.2) is 33.6 Å². The Kier molecular flexibility index (Phi) is 3.06. The molecule has 1 atom stereocenters. The van der Waals surface area contributed by atoms with Gasteiger partial charge in [-0.3, -0.25) is 4.57 Å². The molecule has 1 unspecified atom stereocenters. The summed E-state index contributed by atoms with van der Waals surface area (Å²) in [6, 6.07) is 0.224. The summed E-state index contributed by atoms with van der Waals surface area (Å²) in [5.41, 5.74) is 0. The number of amides is 1. The van der Waals surface area contributed by atoms with E-state index < -0.39 is 0 Å². The van der Waals surface area contributed by atoms with E-state index in [1.54, 1.807) is 24.3 Å². The van der Waals surface area contributed by atoms with E-state index >= 15 is 0 Å². The summed E-state index contributed by atoms with van der Waals surface area (Å²) in [7, 11) is 1.80. The first kappa shape index (κ1) is 9.77. The van der Waals surface area contributed by atoms with Crippen LogP contribution in [0, 0.1) is 0 Å². The van der Waals surface area contributed by atoms with Crippen molar-refractivity contribution in [3.8, 4) is 0 Å². The molecule has 0 aromatic carbocycles. The van der Waals surface area contributed by atoms with Gasteiger partial charge in [-0.2, -0.15) is 0 Å². The Hall–Kier alpha value is -1.32. The molecule has 4 heteroatoms. The highest BCUT2D eigenvalue weighted by Crippen LogP contribution is 2.02. The maximum absolute atomic E-state index is 11.7. The number of aromatic nitrogens is 2. The maximum Gasteiger partial charge on any atom is 0.329 e. The molecule has 0 fully saturated rings. The molecular weight excluding hydrogens is 166 g/mol. The molecule has 0 spiro atoms. The minimum absolute atomic E-state index is 0.0353. The molecule has 4 nitrogen and oxygen atoms in total. The summed E-state index contributed by atoms with van der Waals surface area (Å²) >= 11 is 0. The van der Waals surface area contributed by atoms with Crippen LogP contribution in [0.2, 0.25) is 0 Å². The van der Waals surface area contributed by atoms with Crippen LogP contribution in [0.25, 0.3) is 0 Å². The molecule has 1 rings (SSSR count). The van der Waals surface area contributed by atoms with E-state index in [-0.39, 0.29) is 12.1 Å². The third kappa shape index (κ3) is 2.08. The first-order valence-electron chi connectivity index (χ1n) is 4.42. The average molecular weight is 181 g/mol. The largest absolute Gasteiger partial charge is 0.329 e. The summed E-state index contributed by atoms with van der Waals surface area (Å²) < 4.78 is 1.48. The summed E-state index contributed by atoms with van der Waals surface area (Å²) in [4.78, 5) is 17.2. The van der Waals surface area contributed by atoms with Gasteiger partial charge in [0.1, 0.15) is 6.33 Å². The lowest BCUT2D eigenvalue weighted by Crippen LogP contribution is -2.37. The van der Waals surface area contributed by atoms with Crippen molar-refractivity contribution in [2.45, 2.75) is 26.3 Å². The number of hydrogen-bond donors (Lipinski definition) is 0. The lowest BCUT2D eigenvalue weighted by atomic mass is 10.2. The van der Waals surface area contributed by atoms with Gasteiger partial charge in [-0.25, -0.2) is 9.78 Å². The molecule has 1 amide bonds. The standard InChI is InChI=1S/C9H15N3O/c1-4-8(2)11(3)9(13)12-6-5-10-7-12/h5-8H,4H2,1-3H3. The van der Waals surface area contributed by atoms with Crippen molar-refractivity contribution >= 4 is 6.03 Å². The lowest BCUT2D eigenvalue weighted by molar-refractivity contribution is 0.194. The zero-order valence-electron chi connectivity index (χ0n) is 8.27. The minimum Gasteiger partial charge on any atom is -0.324 e. The Labute approximate surface area is 78.2 Å². The molecule has 0 aliphatic heterocycles. The summed E-state index contributed by atoms with van der Waals surface area (Å²) in [6.07, 6.45) is 5.72. The summed E-state index contributed by atoms with van der Waals surface area (Å²) in [5.74, 6) is 0. The van der Waals surface area contributed by atoms with Crippen molar-refractivity contribution in [1.82, 2.24) is 14.5 Å². The van der Waals surface area contributed by atoms with Crippen LogP contribution in [0.4, 0.5) is 4.79 Å². The highest BCUT2D eigenvalue weighted by atomic mass is 16.2. The molecule has 0 bridgehead atoms. The van der Waals surface area contributed by atoms with E-state index in [0.29, 0.717) is 0 Å². The van der Waals surface area contributed by atoms with E-state index in [1.165, 1.54) is 10.9 Å². The number of hydrogen-bond acceptors (Lipinski definition) is 2. The molecule has 1 aromatic rings. The highest BCUT2D eigenvalue weighted by Gasteiger charge is 2.14.